The van der Waals surface area contributed by atoms with Crippen molar-refractivity contribution >= 4 is 12.1 Å². The van der Waals surface area contributed by atoms with Crippen molar-refractivity contribution < 1.29 is 19.1 Å². The smallest absolute Gasteiger partial charge is 0.409 e. The van der Waals surface area contributed by atoms with Crippen molar-refractivity contribution in [1.29, 1.82) is 0 Å². The highest BCUT2D eigenvalue weighted by atomic mass is 16.6. The third-order valence-corrected chi connectivity index (χ3v) is 2.50. The molecule has 0 spiro atoms. The SMILES string of the molecule is CCOC(=O)CC(C(C)C)N(C)C(=O)OCC. The summed E-state index contributed by atoms with van der Waals surface area (Å²) in [6, 6.07) is -0.201. The molecule has 5 heteroatoms. The molecule has 0 saturated heterocycles. The van der Waals surface area contributed by atoms with Crippen LogP contribution in [0, 0.1) is 5.92 Å². The second-order valence-electron chi connectivity index (χ2n) is 4.13. The zero-order valence-corrected chi connectivity index (χ0v) is 11.4. The van der Waals surface area contributed by atoms with Gasteiger partial charge < -0.3 is 14.4 Å². The number of esters is 1. The van der Waals surface area contributed by atoms with Gasteiger partial charge in [-0.2, -0.15) is 0 Å². The maximum Gasteiger partial charge on any atom is 0.409 e. The molecule has 0 aliphatic carbocycles. The van der Waals surface area contributed by atoms with E-state index in [9.17, 15) is 9.59 Å². The summed E-state index contributed by atoms with van der Waals surface area (Å²) in [6.07, 6.45) is -0.212. The van der Waals surface area contributed by atoms with Crippen LogP contribution >= 0.6 is 0 Å². The number of carbonyl (C=O) groups excluding carboxylic acids is 2. The molecule has 0 saturated carbocycles. The predicted octanol–water partition coefficient (Wildman–Crippen LogP) is 2.05. The Hall–Kier alpha value is -1.26. The molecule has 0 aliphatic rings. The third-order valence-electron chi connectivity index (χ3n) is 2.50. The molecule has 1 amide bonds. The van der Waals surface area contributed by atoms with E-state index in [1.54, 1.807) is 20.9 Å². The molecule has 0 heterocycles. The minimum absolute atomic E-state index is 0.161. The zero-order chi connectivity index (χ0) is 13.4. The van der Waals surface area contributed by atoms with Crippen LogP contribution in [0.1, 0.15) is 34.1 Å². The first kappa shape index (κ1) is 15.7. The van der Waals surface area contributed by atoms with Crippen molar-refractivity contribution in [1.82, 2.24) is 4.90 Å². The first-order valence-electron chi connectivity index (χ1n) is 5.99. The van der Waals surface area contributed by atoms with Gasteiger partial charge in [0, 0.05) is 13.1 Å². The van der Waals surface area contributed by atoms with Crippen LogP contribution in [0.3, 0.4) is 0 Å². The average Bonchev–Trinajstić information content (AvgIpc) is 2.25. The summed E-state index contributed by atoms with van der Waals surface area (Å²) in [4.78, 5) is 24.5. The molecule has 0 aromatic heterocycles. The molecule has 0 aromatic rings. The van der Waals surface area contributed by atoms with Gasteiger partial charge in [0.05, 0.1) is 19.6 Å². The van der Waals surface area contributed by atoms with Crippen molar-refractivity contribution in [3.63, 3.8) is 0 Å². The van der Waals surface area contributed by atoms with Gasteiger partial charge in [-0.3, -0.25) is 4.79 Å². The molecule has 0 rings (SSSR count). The van der Waals surface area contributed by atoms with E-state index in [1.165, 1.54) is 4.90 Å². The molecule has 17 heavy (non-hydrogen) atoms. The molecule has 0 aromatic carbocycles. The van der Waals surface area contributed by atoms with E-state index >= 15 is 0 Å². The minimum atomic E-state index is -0.407. The van der Waals surface area contributed by atoms with E-state index < -0.39 is 6.09 Å². The quantitative estimate of drug-likeness (QED) is 0.672. The normalized spacial score (nSPS) is 12.1. The Bertz CT molecular complexity index is 253. The van der Waals surface area contributed by atoms with Crippen molar-refractivity contribution in [2.45, 2.75) is 40.2 Å². The number of ether oxygens (including phenoxy) is 2. The molecule has 0 N–H and O–H groups in total. The van der Waals surface area contributed by atoms with Crippen LogP contribution in [0.5, 0.6) is 0 Å². The van der Waals surface area contributed by atoms with Gasteiger partial charge in [0.25, 0.3) is 0 Å². The number of hydrogen-bond acceptors (Lipinski definition) is 4. The lowest BCUT2D eigenvalue weighted by Gasteiger charge is -2.29. The monoisotopic (exact) mass is 245 g/mol. The van der Waals surface area contributed by atoms with E-state index in [0.717, 1.165) is 0 Å². The summed E-state index contributed by atoms with van der Waals surface area (Å²) in [5.74, 6) is -0.129. The van der Waals surface area contributed by atoms with Gasteiger partial charge in [-0.25, -0.2) is 4.79 Å². The molecule has 100 valence electrons. The molecule has 0 aliphatic heterocycles. The number of carbonyl (C=O) groups is 2. The van der Waals surface area contributed by atoms with Crippen LogP contribution in [0.25, 0.3) is 0 Å². The summed E-state index contributed by atoms with van der Waals surface area (Å²) < 4.78 is 9.81. The largest absolute Gasteiger partial charge is 0.466 e. The fourth-order valence-electron chi connectivity index (χ4n) is 1.57. The highest BCUT2D eigenvalue weighted by molar-refractivity contribution is 5.72. The maximum atomic E-state index is 11.6. The highest BCUT2D eigenvalue weighted by Crippen LogP contribution is 2.15. The van der Waals surface area contributed by atoms with Gasteiger partial charge in [0.15, 0.2) is 0 Å². The Labute approximate surface area is 103 Å². The Morgan fingerprint density at radius 3 is 2.06 bits per heavy atom. The third kappa shape index (κ3) is 5.56. The number of rotatable bonds is 6. The fourth-order valence-corrected chi connectivity index (χ4v) is 1.57. The van der Waals surface area contributed by atoms with Crippen LogP contribution in [-0.2, 0) is 14.3 Å². The molecule has 0 fully saturated rings. The van der Waals surface area contributed by atoms with Crippen molar-refractivity contribution in [2.24, 2.45) is 5.92 Å². The van der Waals surface area contributed by atoms with Crippen LogP contribution in [0.2, 0.25) is 0 Å². The Morgan fingerprint density at radius 1 is 1.12 bits per heavy atom. The second kappa shape index (κ2) is 7.92. The van der Waals surface area contributed by atoms with Gasteiger partial charge in [-0.15, -0.1) is 0 Å². The topological polar surface area (TPSA) is 55.8 Å². The molecule has 1 unspecified atom stereocenters. The lowest BCUT2D eigenvalue weighted by Crippen LogP contribution is -2.42. The number of hydrogen-bond donors (Lipinski definition) is 0. The number of nitrogens with zero attached hydrogens (tertiary/aromatic N) is 1. The lowest BCUT2D eigenvalue weighted by atomic mass is 10.00. The first-order valence-corrected chi connectivity index (χ1v) is 5.99. The van der Waals surface area contributed by atoms with Crippen molar-refractivity contribution in [3.8, 4) is 0 Å². The number of amides is 1. The lowest BCUT2D eigenvalue weighted by molar-refractivity contribution is -0.144. The van der Waals surface area contributed by atoms with Gasteiger partial charge in [0.1, 0.15) is 0 Å². The van der Waals surface area contributed by atoms with E-state index in [4.69, 9.17) is 9.47 Å². The Balaban J connectivity index is 4.51. The first-order chi connectivity index (χ1) is 7.93. The van der Waals surface area contributed by atoms with Gasteiger partial charge >= 0.3 is 12.1 Å². The maximum absolute atomic E-state index is 11.6. The summed E-state index contributed by atoms with van der Waals surface area (Å²) in [7, 11) is 1.64. The van der Waals surface area contributed by atoms with Crippen molar-refractivity contribution in [2.75, 3.05) is 20.3 Å². The van der Waals surface area contributed by atoms with Crippen LogP contribution in [0.15, 0.2) is 0 Å². The Morgan fingerprint density at radius 2 is 1.65 bits per heavy atom. The molecule has 1 atom stereocenters. The predicted molar refractivity (Wildman–Crippen MR) is 64.7 cm³/mol. The van der Waals surface area contributed by atoms with E-state index in [0.29, 0.717) is 13.2 Å². The van der Waals surface area contributed by atoms with E-state index in [-0.39, 0.29) is 24.3 Å². The minimum Gasteiger partial charge on any atom is -0.466 e. The average molecular weight is 245 g/mol. The van der Waals surface area contributed by atoms with Crippen LogP contribution in [0.4, 0.5) is 4.79 Å². The summed E-state index contributed by atoms with van der Waals surface area (Å²) >= 11 is 0. The standard InChI is InChI=1S/C12H23NO4/c1-6-16-11(14)8-10(9(3)4)13(5)12(15)17-7-2/h9-10H,6-8H2,1-5H3. The molecule has 5 nitrogen and oxygen atoms in total. The van der Waals surface area contributed by atoms with E-state index in [2.05, 4.69) is 0 Å². The summed E-state index contributed by atoms with van der Waals surface area (Å²) in [6.45, 7) is 8.11. The summed E-state index contributed by atoms with van der Waals surface area (Å²) in [5.41, 5.74) is 0. The van der Waals surface area contributed by atoms with Gasteiger partial charge in [-0.1, -0.05) is 13.8 Å². The van der Waals surface area contributed by atoms with Crippen molar-refractivity contribution in [3.05, 3.63) is 0 Å². The summed E-state index contributed by atoms with van der Waals surface area (Å²) in [5, 5.41) is 0. The Kier molecular flexibility index (Phi) is 7.34. The zero-order valence-electron chi connectivity index (χ0n) is 11.4. The molecular formula is C12H23NO4. The molecule has 0 radical (unpaired) electrons. The molecular weight excluding hydrogens is 222 g/mol. The van der Waals surface area contributed by atoms with Crippen LogP contribution in [-0.4, -0.2) is 43.3 Å². The second-order valence-corrected chi connectivity index (χ2v) is 4.13. The highest BCUT2D eigenvalue weighted by Gasteiger charge is 2.26. The van der Waals surface area contributed by atoms with Gasteiger partial charge in [-0.05, 0) is 19.8 Å². The van der Waals surface area contributed by atoms with E-state index in [1.807, 2.05) is 13.8 Å². The fraction of sp³-hybridized carbons (Fsp3) is 0.833. The van der Waals surface area contributed by atoms with Crippen LogP contribution < -0.4 is 0 Å². The van der Waals surface area contributed by atoms with Gasteiger partial charge in [0.2, 0.25) is 0 Å². The molecule has 0 bridgehead atoms.